The molecular weight excluding hydrogens is 258 g/mol. The maximum Gasteiger partial charge on any atom is 0.246 e. The predicted octanol–water partition coefficient (Wildman–Crippen LogP) is 3.47. The van der Waals surface area contributed by atoms with Gasteiger partial charge in [0.15, 0.2) is 5.82 Å². The number of aromatic nitrogens is 2. The van der Waals surface area contributed by atoms with E-state index in [1.165, 1.54) is 6.42 Å². The van der Waals surface area contributed by atoms with Crippen LogP contribution in [-0.4, -0.2) is 14.9 Å². The zero-order chi connectivity index (χ0) is 14.1. The van der Waals surface area contributed by atoms with E-state index in [4.69, 9.17) is 10.3 Å². The van der Waals surface area contributed by atoms with Crippen molar-refractivity contribution in [2.24, 2.45) is 11.7 Å². The van der Waals surface area contributed by atoms with Gasteiger partial charge in [-0.2, -0.15) is 4.98 Å². The van der Waals surface area contributed by atoms with Crippen molar-refractivity contribution in [3.63, 3.8) is 0 Å². The molecule has 0 bridgehead atoms. The predicted molar refractivity (Wildman–Crippen MR) is 78.8 cm³/mol. The molecule has 19 heavy (non-hydrogen) atoms. The van der Waals surface area contributed by atoms with E-state index in [9.17, 15) is 0 Å². The van der Waals surface area contributed by atoms with Gasteiger partial charge in [-0.25, -0.2) is 0 Å². The monoisotopic (exact) mass is 283 g/mol. The molecule has 1 aromatic rings. The molecule has 2 N–H and O–H groups in total. The maximum absolute atomic E-state index is 6.46. The lowest BCUT2D eigenvalue weighted by atomic mass is 9.77. The van der Waals surface area contributed by atoms with Crippen LogP contribution in [0.4, 0.5) is 0 Å². The van der Waals surface area contributed by atoms with Crippen LogP contribution < -0.4 is 5.73 Å². The van der Waals surface area contributed by atoms with Crippen LogP contribution in [0.2, 0.25) is 0 Å². The molecule has 1 saturated carbocycles. The van der Waals surface area contributed by atoms with E-state index in [0.29, 0.717) is 11.8 Å². The van der Waals surface area contributed by atoms with Crippen molar-refractivity contribution in [3.8, 4) is 0 Å². The molecule has 1 heterocycles. The Balaban J connectivity index is 2.04. The third-order valence-electron chi connectivity index (χ3n) is 3.56. The van der Waals surface area contributed by atoms with E-state index in [1.807, 2.05) is 11.8 Å². The van der Waals surface area contributed by atoms with Crippen molar-refractivity contribution in [3.05, 3.63) is 11.7 Å². The third-order valence-corrected chi connectivity index (χ3v) is 4.83. The summed E-state index contributed by atoms with van der Waals surface area (Å²) in [5.41, 5.74) is 6.06. The molecule has 1 aromatic heterocycles. The van der Waals surface area contributed by atoms with E-state index in [-0.39, 0.29) is 4.75 Å². The Morgan fingerprint density at radius 3 is 2.84 bits per heavy atom. The summed E-state index contributed by atoms with van der Waals surface area (Å²) in [6, 6.07) is 0. The zero-order valence-electron chi connectivity index (χ0n) is 12.4. The largest absolute Gasteiger partial charge is 0.337 e. The van der Waals surface area contributed by atoms with Gasteiger partial charge in [0.05, 0.1) is 11.3 Å². The summed E-state index contributed by atoms with van der Waals surface area (Å²) in [5, 5.41) is 4.08. The average Bonchev–Trinajstić information content (AvgIpc) is 2.74. The fourth-order valence-electron chi connectivity index (χ4n) is 2.58. The molecule has 2 rings (SSSR count). The van der Waals surface area contributed by atoms with Gasteiger partial charge >= 0.3 is 0 Å². The van der Waals surface area contributed by atoms with Gasteiger partial charge in [0, 0.05) is 4.75 Å². The minimum Gasteiger partial charge on any atom is -0.337 e. The molecule has 2 atom stereocenters. The molecule has 2 unspecified atom stereocenters. The van der Waals surface area contributed by atoms with Crippen LogP contribution in [0.15, 0.2) is 4.52 Å². The number of hydrogen-bond donors (Lipinski definition) is 1. The molecule has 4 nitrogen and oxygen atoms in total. The Labute approximate surface area is 119 Å². The highest BCUT2D eigenvalue weighted by Crippen LogP contribution is 2.37. The summed E-state index contributed by atoms with van der Waals surface area (Å²) in [7, 11) is 0. The SMILES string of the molecule is CC1CCCC(N)(c2nc(CSC(C)(C)C)no2)C1. The molecule has 108 valence electrons. The molecule has 1 fully saturated rings. The van der Waals surface area contributed by atoms with E-state index in [2.05, 4.69) is 37.8 Å². The van der Waals surface area contributed by atoms with Crippen molar-refractivity contribution in [1.82, 2.24) is 10.1 Å². The molecule has 0 saturated heterocycles. The standard InChI is InChI=1S/C14H25N3OS/c1-10-6-5-7-14(15,8-10)12-16-11(17-18-12)9-19-13(2,3)4/h10H,5-9,15H2,1-4H3. The van der Waals surface area contributed by atoms with Crippen molar-refractivity contribution in [2.75, 3.05) is 0 Å². The smallest absolute Gasteiger partial charge is 0.246 e. The first-order valence-electron chi connectivity index (χ1n) is 7.04. The average molecular weight is 283 g/mol. The Hall–Kier alpha value is -0.550. The number of rotatable bonds is 3. The summed E-state index contributed by atoms with van der Waals surface area (Å²) in [6.45, 7) is 8.80. The molecule has 0 aliphatic heterocycles. The molecule has 0 aromatic carbocycles. The first kappa shape index (κ1) is 14.9. The highest BCUT2D eigenvalue weighted by Gasteiger charge is 2.37. The molecule has 0 radical (unpaired) electrons. The minimum atomic E-state index is -0.407. The van der Waals surface area contributed by atoms with E-state index in [0.717, 1.165) is 30.8 Å². The molecule has 0 spiro atoms. The van der Waals surface area contributed by atoms with Gasteiger partial charge in [-0.15, -0.1) is 11.8 Å². The quantitative estimate of drug-likeness (QED) is 0.920. The van der Waals surface area contributed by atoms with Crippen LogP contribution in [0, 0.1) is 5.92 Å². The van der Waals surface area contributed by atoms with Gasteiger partial charge in [-0.3, -0.25) is 0 Å². The summed E-state index contributed by atoms with van der Waals surface area (Å²) in [5.74, 6) is 2.80. The van der Waals surface area contributed by atoms with Crippen LogP contribution in [0.1, 0.15) is 65.1 Å². The van der Waals surface area contributed by atoms with Gasteiger partial charge < -0.3 is 10.3 Å². The number of nitrogens with two attached hydrogens (primary N) is 1. The van der Waals surface area contributed by atoms with E-state index < -0.39 is 5.54 Å². The van der Waals surface area contributed by atoms with Crippen LogP contribution >= 0.6 is 11.8 Å². The first-order chi connectivity index (χ1) is 8.78. The molecule has 5 heteroatoms. The van der Waals surface area contributed by atoms with Crippen molar-refractivity contribution in [1.29, 1.82) is 0 Å². The summed E-state index contributed by atoms with van der Waals surface area (Å²) < 4.78 is 5.63. The Bertz CT molecular complexity index is 427. The third kappa shape index (κ3) is 3.96. The highest BCUT2D eigenvalue weighted by atomic mass is 32.2. The summed E-state index contributed by atoms with van der Waals surface area (Å²) >= 11 is 1.82. The maximum atomic E-state index is 6.46. The van der Waals surface area contributed by atoms with Gasteiger partial charge in [0.2, 0.25) is 5.89 Å². The van der Waals surface area contributed by atoms with Crippen LogP contribution in [0.25, 0.3) is 0 Å². The second kappa shape index (κ2) is 5.44. The normalized spacial score (nSPS) is 28.6. The van der Waals surface area contributed by atoms with Gasteiger partial charge in [-0.05, 0) is 18.8 Å². The van der Waals surface area contributed by atoms with Crippen molar-refractivity contribution in [2.45, 2.75) is 69.4 Å². The number of thioether (sulfide) groups is 1. The summed E-state index contributed by atoms with van der Waals surface area (Å²) in [6.07, 6.45) is 4.29. The van der Waals surface area contributed by atoms with Gasteiger partial charge in [-0.1, -0.05) is 45.7 Å². The Morgan fingerprint density at radius 1 is 1.47 bits per heavy atom. The van der Waals surface area contributed by atoms with E-state index >= 15 is 0 Å². The second-order valence-corrected chi connectivity index (χ2v) is 8.58. The summed E-state index contributed by atoms with van der Waals surface area (Å²) in [4.78, 5) is 4.52. The number of nitrogens with zero attached hydrogens (tertiary/aromatic N) is 2. The lowest BCUT2D eigenvalue weighted by Crippen LogP contribution is -2.41. The topological polar surface area (TPSA) is 64.9 Å². The van der Waals surface area contributed by atoms with Crippen LogP contribution in [-0.2, 0) is 11.3 Å². The number of hydrogen-bond acceptors (Lipinski definition) is 5. The van der Waals surface area contributed by atoms with Crippen molar-refractivity contribution < 1.29 is 4.52 Å². The lowest BCUT2D eigenvalue weighted by Gasteiger charge is -2.33. The molecule has 1 aliphatic carbocycles. The highest BCUT2D eigenvalue weighted by molar-refractivity contribution is 7.99. The fourth-order valence-corrected chi connectivity index (χ4v) is 3.26. The molecular formula is C14H25N3OS. The van der Waals surface area contributed by atoms with Crippen LogP contribution in [0.3, 0.4) is 0 Å². The van der Waals surface area contributed by atoms with Crippen LogP contribution in [0.5, 0.6) is 0 Å². The van der Waals surface area contributed by atoms with Crippen molar-refractivity contribution >= 4 is 11.8 Å². The Morgan fingerprint density at radius 2 is 2.21 bits per heavy atom. The van der Waals surface area contributed by atoms with Gasteiger partial charge in [0.1, 0.15) is 0 Å². The Kier molecular flexibility index (Phi) is 4.26. The zero-order valence-corrected chi connectivity index (χ0v) is 13.2. The lowest BCUT2D eigenvalue weighted by molar-refractivity contribution is 0.183. The van der Waals surface area contributed by atoms with Gasteiger partial charge in [0.25, 0.3) is 0 Å². The first-order valence-corrected chi connectivity index (χ1v) is 8.03. The fraction of sp³-hybridized carbons (Fsp3) is 0.857. The minimum absolute atomic E-state index is 0.209. The second-order valence-electron chi connectivity index (χ2n) is 6.77. The van der Waals surface area contributed by atoms with E-state index in [1.54, 1.807) is 0 Å². The molecule has 0 amide bonds. The molecule has 1 aliphatic rings.